The smallest absolute Gasteiger partial charge is 0.412 e. The normalized spacial score (nSPS) is 21.8. The van der Waals surface area contributed by atoms with Gasteiger partial charge in [0.25, 0.3) is 0 Å². The molecule has 3 atom stereocenters. The predicted octanol–water partition coefficient (Wildman–Crippen LogP) is 0.894. The molecule has 1 aromatic carbocycles. The maximum absolute atomic E-state index is 11.7. The third-order valence-electron chi connectivity index (χ3n) is 4.71. The average Bonchev–Trinajstić information content (AvgIpc) is 2.89. The van der Waals surface area contributed by atoms with E-state index in [1.165, 1.54) is 7.05 Å². The lowest BCUT2D eigenvalue weighted by Gasteiger charge is -2.47. The molecule has 0 aliphatic carbocycles. The minimum absolute atomic E-state index is 0.00890. The van der Waals surface area contributed by atoms with Crippen LogP contribution in [0, 0.1) is 5.92 Å². The molecule has 0 bridgehead atoms. The summed E-state index contributed by atoms with van der Waals surface area (Å²) in [5, 5.41) is 28.8. The van der Waals surface area contributed by atoms with Crippen LogP contribution < -0.4 is 10.1 Å². The molecule has 1 aromatic rings. The predicted molar refractivity (Wildman–Crippen MR) is 94.5 cm³/mol. The molecule has 142 valence electrons. The first kappa shape index (κ1) is 19.7. The Morgan fingerprint density at radius 1 is 1.35 bits per heavy atom. The average molecular weight is 364 g/mol. The van der Waals surface area contributed by atoms with E-state index in [-0.39, 0.29) is 17.7 Å². The van der Waals surface area contributed by atoms with Crippen LogP contribution in [0.25, 0.3) is 5.57 Å². The maximum atomic E-state index is 11.7. The second-order valence-electron chi connectivity index (χ2n) is 6.13. The van der Waals surface area contributed by atoms with Gasteiger partial charge in [0.15, 0.2) is 0 Å². The van der Waals surface area contributed by atoms with Gasteiger partial charge in [0.2, 0.25) is 0 Å². The number of aliphatic carboxylic acids is 1. The number of carboxylic acids is 1. The molecule has 1 saturated heterocycles. The third kappa shape index (κ3) is 3.66. The summed E-state index contributed by atoms with van der Waals surface area (Å²) in [6.07, 6.45) is -0.492. The molecule has 0 aromatic heterocycles. The van der Waals surface area contributed by atoms with Crippen LogP contribution >= 0.6 is 0 Å². The monoisotopic (exact) mass is 364 g/mol. The minimum atomic E-state index is -0.978. The highest BCUT2D eigenvalue weighted by Gasteiger charge is 2.49. The fourth-order valence-electron chi connectivity index (χ4n) is 3.46. The SMILES string of the molecule is CNC(=O)Oc1cccc(C2=C(C(=O)O)N3CC(C(C)O)C3C2)c1.CO. The number of nitrogens with zero attached hydrogens (tertiary/aromatic N) is 1. The van der Waals surface area contributed by atoms with Crippen molar-refractivity contribution in [2.45, 2.75) is 25.5 Å². The molecule has 2 aliphatic heterocycles. The topological polar surface area (TPSA) is 119 Å². The number of rotatable bonds is 4. The first-order chi connectivity index (χ1) is 12.4. The zero-order valence-electron chi connectivity index (χ0n) is 15.0. The Labute approximate surface area is 151 Å². The van der Waals surface area contributed by atoms with Crippen molar-refractivity contribution in [2.24, 2.45) is 5.92 Å². The summed E-state index contributed by atoms with van der Waals surface area (Å²) in [5.74, 6) is -0.554. The van der Waals surface area contributed by atoms with Gasteiger partial charge in [-0.05, 0) is 36.6 Å². The number of carbonyl (C=O) groups is 2. The van der Waals surface area contributed by atoms with Crippen molar-refractivity contribution in [3.8, 4) is 5.75 Å². The van der Waals surface area contributed by atoms with E-state index in [0.29, 0.717) is 29.9 Å². The zero-order chi connectivity index (χ0) is 19.4. The second-order valence-corrected chi connectivity index (χ2v) is 6.13. The van der Waals surface area contributed by atoms with Gasteiger partial charge in [-0.15, -0.1) is 0 Å². The molecular formula is C18H24N2O6. The maximum Gasteiger partial charge on any atom is 0.412 e. The first-order valence-electron chi connectivity index (χ1n) is 8.28. The molecule has 3 unspecified atom stereocenters. The molecule has 0 spiro atoms. The lowest BCUT2D eigenvalue weighted by Crippen LogP contribution is -2.57. The van der Waals surface area contributed by atoms with Gasteiger partial charge in [-0.25, -0.2) is 9.59 Å². The van der Waals surface area contributed by atoms with E-state index in [1.807, 2.05) is 4.90 Å². The molecule has 2 heterocycles. The molecule has 0 saturated carbocycles. The van der Waals surface area contributed by atoms with Gasteiger partial charge in [0, 0.05) is 32.7 Å². The number of hydrogen-bond acceptors (Lipinski definition) is 6. The number of amides is 1. The number of carbonyl (C=O) groups excluding carboxylic acids is 1. The molecule has 4 N–H and O–H groups in total. The Balaban J connectivity index is 0.00000117. The highest BCUT2D eigenvalue weighted by atomic mass is 16.5. The molecule has 1 amide bonds. The number of benzene rings is 1. The number of hydrogen-bond donors (Lipinski definition) is 4. The van der Waals surface area contributed by atoms with E-state index in [1.54, 1.807) is 31.2 Å². The summed E-state index contributed by atoms with van der Waals surface area (Å²) < 4.78 is 5.11. The van der Waals surface area contributed by atoms with Crippen LogP contribution in [0.1, 0.15) is 18.9 Å². The highest BCUT2D eigenvalue weighted by Crippen LogP contribution is 2.46. The Bertz CT molecular complexity index is 715. The van der Waals surface area contributed by atoms with Crippen LogP contribution in [-0.2, 0) is 4.79 Å². The van der Waals surface area contributed by atoms with Gasteiger partial charge in [-0.2, -0.15) is 0 Å². The third-order valence-corrected chi connectivity index (χ3v) is 4.71. The van der Waals surface area contributed by atoms with Gasteiger partial charge in [0.1, 0.15) is 11.4 Å². The second kappa shape index (κ2) is 8.20. The molecule has 26 heavy (non-hydrogen) atoms. The van der Waals surface area contributed by atoms with Crippen LogP contribution in [0.4, 0.5) is 4.79 Å². The van der Waals surface area contributed by atoms with Crippen molar-refractivity contribution >= 4 is 17.6 Å². The Hall–Kier alpha value is -2.58. The van der Waals surface area contributed by atoms with Crippen LogP contribution in [-0.4, -0.2) is 65.1 Å². The summed E-state index contributed by atoms with van der Waals surface area (Å²) in [6.45, 7) is 2.28. The fraction of sp³-hybridized carbons (Fsp3) is 0.444. The zero-order valence-corrected chi connectivity index (χ0v) is 15.0. The summed E-state index contributed by atoms with van der Waals surface area (Å²) in [5.41, 5.74) is 1.69. The van der Waals surface area contributed by atoms with E-state index >= 15 is 0 Å². The van der Waals surface area contributed by atoms with Gasteiger partial charge in [-0.3, -0.25) is 0 Å². The van der Waals surface area contributed by atoms with Crippen LogP contribution in [0.15, 0.2) is 30.0 Å². The summed E-state index contributed by atoms with van der Waals surface area (Å²) in [7, 11) is 2.47. The Kier molecular flexibility index (Phi) is 6.23. The van der Waals surface area contributed by atoms with Crippen molar-refractivity contribution in [3.63, 3.8) is 0 Å². The van der Waals surface area contributed by atoms with Gasteiger partial charge >= 0.3 is 12.1 Å². The summed E-state index contributed by atoms with van der Waals surface area (Å²) >= 11 is 0. The molecule has 8 nitrogen and oxygen atoms in total. The quantitative estimate of drug-likeness (QED) is 0.626. The number of ether oxygens (including phenoxy) is 1. The van der Waals surface area contributed by atoms with Crippen molar-refractivity contribution in [2.75, 3.05) is 20.7 Å². The van der Waals surface area contributed by atoms with E-state index in [2.05, 4.69) is 5.32 Å². The summed E-state index contributed by atoms with van der Waals surface area (Å²) in [4.78, 5) is 24.9. The highest BCUT2D eigenvalue weighted by molar-refractivity contribution is 5.97. The molecule has 3 rings (SSSR count). The largest absolute Gasteiger partial charge is 0.477 e. The minimum Gasteiger partial charge on any atom is -0.477 e. The number of nitrogens with one attached hydrogen (secondary N) is 1. The standard InChI is InChI=1S/C17H20N2O5.CH4O/c1-9(20)13-8-19-14(13)7-12(15(19)16(21)22)10-4-3-5-11(6-10)24-17(23)18-2;1-2/h3-6,9,13-14,20H,7-8H2,1-2H3,(H,18,23)(H,21,22);2H,1H3. The van der Waals surface area contributed by atoms with E-state index < -0.39 is 18.2 Å². The molecular weight excluding hydrogens is 340 g/mol. The lowest BCUT2D eigenvalue weighted by molar-refractivity contribution is -0.136. The van der Waals surface area contributed by atoms with Gasteiger partial charge in [0.05, 0.1) is 6.10 Å². The summed E-state index contributed by atoms with van der Waals surface area (Å²) in [6, 6.07) is 6.84. The molecule has 8 heteroatoms. The van der Waals surface area contributed by atoms with Crippen LogP contribution in [0.5, 0.6) is 5.75 Å². The Morgan fingerprint density at radius 2 is 2.04 bits per heavy atom. The van der Waals surface area contributed by atoms with E-state index in [0.717, 1.165) is 7.11 Å². The number of aliphatic hydroxyl groups is 2. The van der Waals surface area contributed by atoms with Gasteiger partial charge in [-0.1, -0.05) is 12.1 Å². The van der Waals surface area contributed by atoms with E-state index in [4.69, 9.17) is 9.84 Å². The lowest BCUT2D eigenvalue weighted by atomic mass is 9.83. The molecule has 2 aliphatic rings. The number of fused-ring (bicyclic) bond motifs is 1. The van der Waals surface area contributed by atoms with Crippen molar-refractivity contribution in [1.29, 1.82) is 0 Å². The van der Waals surface area contributed by atoms with Gasteiger partial charge < -0.3 is 30.3 Å². The van der Waals surface area contributed by atoms with Crippen LogP contribution in [0.3, 0.4) is 0 Å². The number of aliphatic hydroxyl groups excluding tert-OH is 2. The van der Waals surface area contributed by atoms with Crippen molar-refractivity contribution < 1.29 is 29.6 Å². The fourth-order valence-corrected chi connectivity index (χ4v) is 3.46. The van der Waals surface area contributed by atoms with Crippen molar-refractivity contribution in [3.05, 3.63) is 35.5 Å². The number of carboxylic acid groups (broad SMARTS) is 1. The molecule has 1 fully saturated rings. The van der Waals surface area contributed by atoms with Crippen LogP contribution in [0.2, 0.25) is 0 Å². The first-order valence-corrected chi connectivity index (χ1v) is 8.28. The van der Waals surface area contributed by atoms with E-state index in [9.17, 15) is 19.8 Å². The molecule has 0 radical (unpaired) electrons. The van der Waals surface area contributed by atoms with Crippen molar-refractivity contribution in [1.82, 2.24) is 10.2 Å². The Morgan fingerprint density at radius 3 is 2.62 bits per heavy atom.